The van der Waals surface area contributed by atoms with Gasteiger partial charge in [0, 0.05) is 73.8 Å². The molecule has 0 atom stereocenters. The van der Waals surface area contributed by atoms with Gasteiger partial charge in [-0.2, -0.15) is 0 Å². The lowest BCUT2D eigenvalue weighted by atomic mass is 10.1. The zero-order valence-electron chi connectivity index (χ0n) is 21.7. The number of carbonyl (C=O) groups excluding carboxylic acids is 1. The maximum atomic E-state index is 13.0. The Morgan fingerprint density at radius 2 is 1.79 bits per heavy atom. The minimum absolute atomic E-state index is 0.154. The van der Waals surface area contributed by atoms with Gasteiger partial charge >= 0.3 is 0 Å². The highest BCUT2D eigenvalue weighted by Gasteiger charge is 2.13. The van der Waals surface area contributed by atoms with Crippen molar-refractivity contribution in [2.45, 2.75) is 13.5 Å². The van der Waals surface area contributed by atoms with Gasteiger partial charge in [-0.05, 0) is 67.6 Å². The molecule has 2 aromatic heterocycles. The molecule has 4 aromatic rings. The highest BCUT2D eigenvalue weighted by Crippen LogP contribution is 2.24. The first-order chi connectivity index (χ1) is 18.5. The zero-order valence-corrected chi connectivity index (χ0v) is 21.7. The number of aryl methyl sites for hydroxylation is 1. The van der Waals surface area contributed by atoms with Crippen LogP contribution in [0, 0.1) is 6.92 Å². The second kappa shape index (κ2) is 11.9. The fourth-order valence-electron chi connectivity index (χ4n) is 4.19. The molecule has 9 nitrogen and oxygen atoms in total. The van der Waals surface area contributed by atoms with E-state index in [9.17, 15) is 4.79 Å². The van der Waals surface area contributed by atoms with Crippen molar-refractivity contribution in [3.8, 4) is 11.3 Å². The minimum atomic E-state index is -0.154. The number of hydrogen-bond acceptors (Lipinski definition) is 8. The predicted octanol–water partition coefficient (Wildman–Crippen LogP) is 4.09. The third-order valence-corrected chi connectivity index (χ3v) is 6.58. The van der Waals surface area contributed by atoms with E-state index in [0.29, 0.717) is 11.5 Å². The van der Waals surface area contributed by atoms with Crippen LogP contribution < -0.4 is 16.1 Å². The van der Waals surface area contributed by atoms with Gasteiger partial charge in [0.25, 0.3) is 5.91 Å². The van der Waals surface area contributed by atoms with Crippen molar-refractivity contribution in [1.82, 2.24) is 30.3 Å². The van der Waals surface area contributed by atoms with E-state index >= 15 is 0 Å². The molecule has 0 spiro atoms. The highest BCUT2D eigenvalue weighted by atomic mass is 16.1. The Balaban J connectivity index is 1.20. The number of benzene rings is 2. The van der Waals surface area contributed by atoms with Gasteiger partial charge in [0.1, 0.15) is 0 Å². The van der Waals surface area contributed by atoms with E-state index < -0.39 is 0 Å². The van der Waals surface area contributed by atoms with Crippen LogP contribution in [0.2, 0.25) is 0 Å². The van der Waals surface area contributed by atoms with Crippen LogP contribution in [0.4, 0.5) is 17.3 Å². The zero-order chi connectivity index (χ0) is 26.3. The van der Waals surface area contributed by atoms with Crippen molar-refractivity contribution >= 4 is 23.2 Å². The summed E-state index contributed by atoms with van der Waals surface area (Å²) in [4.78, 5) is 28.4. The summed E-state index contributed by atoms with van der Waals surface area (Å²) < 4.78 is 0. The van der Waals surface area contributed by atoms with E-state index in [1.54, 1.807) is 18.6 Å². The topological polar surface area (TPSA) is 98.3 Å². The van der Waals surface area contributed by atoms with Crippen LogP contribution in [-0.4, -0.2) is 64.0 Å². The second-order valence-corrected chi connectivity index (χ2v) is 9.44. The van der Waals surface area contributed by atoms with E-state index in [4.69, 9.17) is 0 Å². The number of piperazine rings is 1. The van der Waals surface area contributed by atoms with E-state index in [0.717, 1.165) is 66.5 Å². The van der Waals surface area contributed by atoms with Gasteiger partial charge in [-0.25, -0.2) is 15.0 Å². The first kappa shape index (κ1) is 25.5. The van der Waals surface area contributed by atoms with E-state index in [1.165, 1.54) is 0 Å². The summed E-state index contributed by atoms with van der Waals surface area (Å²) in [6, 6.07) is 19.2. The Bertz CT molecular complexity index is 1370. The Morgan fingerprint density at radius 3 is 2.55 bits per heavy atom. The average Bonchev–Trinajstić information content (AvgIpc) is 2.95. The summed E-state index contributed by atoms with van der Waals surface area (Å²) in [6.07, 6.45) is 5.20. The number of carbonyl (C=O) groups is 1. The molecule has 0 aliphatic carbocycles. The third-order valence-electron chi connectivity index (χ3n) is 6.58. The highest BCUT2D eigenvalue weighted by molar-refractivity contribution is 6.04. The maximum Gasteiger partial charge on any atom is 0.255 e. The Labute approximate surface area is 222 Å². The molecule has 2 aromatic carbocycles. The first-order valence-electron chi connectivity index (χ1n) is 12.7. The first-order valence-corrected chi connectivity index (χ1v) is 12.7. The smallest absolute Gasteiger partial charge is 0.255 e. The molecular formula is C29H32N8O. The summed E-state index contributed by atoms with van der Waals surface area (Å²) in [5, 5.41) is 8.53. The number of pyridine rings is 1. The number of anilines is 3. The van der Waals surface area contributed by atoms with Crippen LogP contribution in [-0.2, 0) is 6.54 Å². The van der Waals surface area contributed by atoms with E-state index in [1.807, 2.05) is 67.6 Å². The second-order valence-electron chi connectivity index (χ2n) is 9.44. The third kappa shape index (κ3) is 6.57. The molecule has 1 fully saturated rings. The van der Waals surface area contributed by atoms with Gasteiger partial charge < -0.3 is 15.5 Å². The summed E-state index contributed by atoms with van der Waals surface area (Å²) in [6.45, 7) is 6.84. The largest absolute Gasteiger partial charge is 0.324 e. The number of hydrogen-bond donors (Lipinski definition) is 3. The molecule has 0 saturated carbocycles. The monoisotopic (exact) mass is 508 g/mol. The van der Waals surface area contributed by atoms with Crippen LogP contribution >= 0.6 is 0 Å². The average molecular weight is 509 g/mol. The summed E-state index contributed by atoms with van der Waals surface area (Å²) >= 11 is 0. The van der Waals surface area contributed by atoms with Gasteiger partial charge in [0.2, 0.25) is 5.95 Å². The number of likely N-dealkylation sites (N-methyl/N-ethyl adjacent to an activating group) is 1. The fourth-order valence-corrected chi connectivity index (χ4v) is 4.19. The molecule has 3 heterocycles. The molecule has 1 amide bonds. The van der Waals surface area contributed by atoms with Crippen molar-refractivity contribution in [2.75, 3.05) is 43.9 Å². The fraction of sp³-hybridized carbons (Fsp3) is 0.241. The Kier molecular flexibility index (Phi) is 7.98. The summed E-state index contributed by atoms with van der Waals surface area (Å²) in [5.74, 6) is 0.312. The van der Waals surface area contributed by atoms with Gasteiger partial charge in [-0.1, -0.05) is 18.2 Å². The quantitative estimate of drug-likeness (QED) is 0.327. The van der Waals surface area contributed by atoms with Crippen LogP contribution in [0.15, 0.2) is 79.3 Å². The number of aromatic nitrogens is 3. The lowest BCUT2D eigenvalue weighted by molar-refractivity contribution is 0.102. The molecule has 38 heavy (non-hydrogen) atoms. The molecule has 194 valence electrons. The van der Waals surface area contributed by atoms with Crippen molar-refractivity contribution in [3.05, 3.63) is 95.9 Å². The number of nitrogens with zero attached hydrogens (tertiary/aromatic N) is 5. The normalized spacial score (nSPS) is 14.3. The van der Waals surface area contributed by atoms with E-state index in [2.05, 4.69) is 48.0 Å². The van der Waals surface area contributed by atoms with Crippen LogP contribution in [0.1, 0.15) is 21.5 Å². The minimum Gasteiger partial charge on any atom is -0.324 e. The van der Waals surface area contributed by atoms with Crippen molar-refractivity contribution in [3.63, 3.8) is 0 Å². The van der Waals surface area contributed by atoms with Crippen molar-refractivity contribution in [2.24, 2.45) is 0 Å². The van der Waals surface area contributed by atoms with Crippen molar-refractivity contribution in [1.29, 1.82) is 0 Å². The number of amides is 1. The molecule has 1 aliphatic rings. The number of nitrogens with one attached hydrogen (secondary N) is 3. The van der Waals surface area contributed by atoms with Crippen molar-refractivity contribution < 1.29 is 4.79 Å². The molecule has 5 rings (SSSR count). The number of rotatable bonds is 8. The lowest BCUT2D eigenvalue weighted by Crippen LogP contribution is -2.50. The molecule has 0 radical (unpaired) electrons. The molecule has 1 saturated heterocycles. The standard InChI is InChI=1S/C29H32N8O/c1-21-5-10-25(33-29-31-13-11-26(35-29)24-4-3-12-30-20-24)18-27(21)34-28(38)23-8-6-22(7-9-23)19-32-37-16-14-36(2)15-17-37/h3-13,18,20,32H,14-17,19H2,1-2H3,(H,34,38)(H,31,33,35). The molecular weight excluding hydrogens is 476 g/mol. The lowest BCUT2D eigenvalue weighted by Gasteiger charge is -2.32. The summed E-state index contributed by atoms with van der Waals surface area (Å²) in [5.41, 5.74) is 9.38. The molecule has 0 unspecified atom stereocenters. The van der Waals surface area contributed by atoms with E-state index in [-0.39, 0.29) is 5.91 Å². The van der Waals surface area contributed by atoms with Gasteiger partial charge in [0.05, 0.1) is 5.69 Å². The van der Waals surface area contributed by atoms with Gasteiger partial charge in [-0.3, -0.25) is 15.2 Å². The Hall–Kier alpha value is -4.18. The van der Waals surface area contributed by atoms with Crippen LogP contribution in [0.5, 0.6) is 0 Å². The number of hydrazine groups is 1. The SMILES string of the molecule is Cc1ccc(Nc2nccc(-c3cccnc3)n2)cc1NC(=O)c1ccc(CNN2CCN(C)CC2)cc1. The molecule has 0 bridgehead atoms. The molecule has 9 heteroatoms. The van der Waals surface area contributed by atoms with Gasteiger partial charge in [-0.15, -0.1) is 0 Å². The summed E-state index contributed by atoms with van der Waals surface area (Å²) in [7, 11) is 2.15. The van der Waals surface area contributed by atoms with Crippen LogP contribution in [0.25, 0.3) is 11.3 Å². The molecule has 1 aliphatic heterocycles. The predicted molar refractivity (Wildman–Crippen MR) is 150 cm³/mol. The molecule has 3 N–H and O–H groups in total. The Morgan fingerprint density at radius 1 is 0.974 bits per heavy atom. The maximum absolute atomic E-state index is 13.0. The van der Waals surface area contributed by atoms with Crippen LogP contribution in [0.3, 0.4) is 0 Å². The van der Waals surface area contributed by atoms with Gasteiger partial charge in [0.15, 0.2) is 0 Å².